The Bertz CT molecular complexity index is 692. The summed E-state index contributed by atoms with van der Waals surface area (Å²) in [6.45, 7) is 3.55. The smallest absolute Gasteiger partial charge is 0.253 e. The Morgan fingerprint density at radius 2 is 1.77 bits per heavy atom. The fourth-order valence-electron chi connectivity index (χ4n) is 4.54. The van der Waals surface area contributed by atoms with Crippen LogP contribution in [0.4, 0.5) is 0 Å². The molecule has 2 unspecified atom stereocenters. The average Bonchev–Trinajstić information content (AvgIpc) is 3.13. The van der Waals surface area contributed by atoms with E-state index in [2.05, 4.69) is 14.9 Å². The quantitative estimate of drug-likeness (QED) is 0.863. The number of benzene rings is 1. The van der Waals surface area contributed by atoms with E-state index in [4.69, 9.17) is 0 Å². The highest BCUT2D eigenvalue weighted by Crippen LogP contribution is 2.34. The maximum atomic E-state index is 12.7. The monoisotopic (exact) mass is 352 g/mol. The highest BCUT2D eigenvalue weighted by molar-refractivity contribution is 5.94. The topological polar surface area (TPSA) is 52.2 Å². The number of H-pyrrole nitrogens is 1. The molecule has 1 aromatic carbocycles. The first-order valence-electron chi connectivity index (χ1n) is 9.90. The van der Waals surface area contributed by atoms with Crippen LogP contribution in [0.25, 0.3) is 0 Å². The number of aromatic nitrogens is 2. The Kier molecular flexibility index (Phi) is 5.34. The third-order valence-electron chi connectivity index (χ3n) is 5.94. The largest absolute Gasteiger partial charge is 0.348 e. The number of hydrogen-bond acceptors (Lipinski definition) is 3. The third kappa shape index (κ3) is 3.68. The van der Waals surface area contributed by atoms with Gasteiger partial charge in [-0.2, -0.15) is 0 Å². The van der Waals surface area contributed by atoms with E-state index in [1.54, 1.807) is 0 Å². The van der Waals surface area contributed by atoms with Gasteiger partial charge in [0.05, 0.1) is 0 Å². The fraction of sp³-hybridized carbons (Fsp3) is 0.524. The van der Waals surface area contributed by atoms with Gasteiger partial charge >= 0.3 is 0 Å². The van der Waals surface area contributed by atoms with Crippen molar-refractivity contribution >= 4 is 5.91 Å². The molecule has 1 saturated carbocycles. The van der Waals surface area contributed by atoms with Crippen molar-refractivity contribution in [1.29, 1.82) is 0 Å². The summed E-state index contributed by atoms with van der Waals surface area (Å²) in [4.78, 5) is 25.2. The molecule has 5 heteroatoms. The normalized spacial score (nSPS) is 25.0. The molecule has 26 heavy (non-hydrogen) atoms. The fourth-order valence-corrected chi connectivity index (χ4v) is 4.54. The first-order chi connectivity index (χ1) is 12.8. The molecule has 2 aromatic rings. The number of amides is 1. The zero-order valence-corrected chi connectivity index (χ0v) is 15.3. The van der Waals surface area contributed by atoms with Gasteiger partial charge in [0.1, 0.15) is 5.82 Å². The molecule has 0 spiro atoms. The first kappa shape index (κ1) is 17.3. The molecule has 1 aliphatic heterocycles. The summed E-state index contributed by atoms with van der Waals surface area (Å²) in [5.41, 5.74) is 0.795. The highest BCUT2D eigenvalue weighted by Gasteiger charge is 2.34. The van der Waals surface area contributed by atoms with Crippen molar-refractivity contribution in [2.75, 3.05) is 26.2 Å². The minimum atomic E-state index is 0.161. The number of aromatic amines is 1. The molecule has 2 atom stereocenters. The van der Waals surface area contributed by atoms with E-state index >= 15 is 0 Å². The van der Waals surface area contributed by atoms with Crippen LogP contribution in [0.3, 0.4) is 0 Å². The lowest BCUT2D eigenvalue weighted by Crippen LogP contribution is -2.53. The van der Waals surface area contributed by atoms with Crippen molar-refractivity contribution < 1.29 is 4.79 Å². The zero-order valence-electron chi connectivity index (χ0n) is 15.3. The Labute approximate surface area is 155 Å². The van der Waals surface area contributed by atoms with Crippen molar-refractivity contribution in [1.82, 2.24) is 19.8 Å². The summed E-state index contributed by atoms with van der Waals surface area (Å²) in [5.74, 6) is 1.79. The number of carbonyl (C=O) groups is 1. The van der Waals surface area contributed by atoms with Crippen LogP contribution in [-0.2, 0) is 0 Å². The van der Waals surface area contributed by atoms with E-state index in [0.717, 1.165) is 37.6 Å². The molecule has 2 heterocycles. The molecule has 2 fully saturated rings. The van der Waals surface area contributed by atoms with Crippen molar-refractivity contribution in [3.63, 3.8) is 0 Å². The molecule has 1 saturated heterocycles. The standard InChI is InChI=1S/C21H28N4O/c26-21(17-7-3-1-4-8-17)25-15-13-24(14-16-25)19-10-6-2-5-9-18(19)20-22-11-12-23-20/h1,3-4,7-8,11-12,18-19H,2,5-6,9-10,13-16H2,(H,22,23). The van der Waals surface area contributed by atoms with Crippen molar-refractivity contribution in [2.24, 2.45) is 0 Å². The van der Waals surface area contributed by atoms with Crippen LogP contribution in [0.5, 0.6) is 0 Å². The molecular formula is C21H28N4O. The summed E-state index contributed by atoms with van der Waals surface area (Å²) in [7, 11) is 0. The number of piperazine rings is 1. The molecule has 2 aliphatic rings. The Hall–Kier alpha value is -2.14. The van der Waals surface area contributed by atoms with E-state index in [9.17, 15) is 4.79 Å². The zero-order chi connectivity index (χ0) is 17.8. The maximum absolute atomic E-state index is 12.7. The SMILES string of the molecule is O=C(c1ccccc1)N1CCN(C2CCCCCC2c2ncc[nH]2)CC1. The van der Waals surface area contributed by atoms with Gasteiger partial charge in [-0.1, -0.05) is 37.5 Å². The number of hydrogen-bond donors (Lipinski definition) is 1. The predicted octanol–water partition coefficient (Wildman–Crippen LogP) is 3.28. The third-order valence-corrected chi connectivity index (χ3v) is 5.94. The molecule has 1 amide bonds. The highest BCUT2D eigenvalue weighted by atomic mass is 16.2. The molecule has 1 N–H and O–H groups in total. The maximum Gasteiger partial charge on any atom is 0.253 e. The summed E-state index contributed by atoms with van der Waals surface area (Å²) >= 11 is 0. The van der Waals surface area contributed by atoms with Gasteiger partial charge < -0.3 is 9.88 Å². The number of nitrogens with one attached hydrogen (secondary N) is 1. The lowest BCUT2D eigenvalue weighted by Gasteiger charge is -2.41. The number of rotatable bonds is 3. The lowest BCUT2D eigenvalue weighted by atomic mass is 9.92. The molecule has 4 rings (SSSR count). The van der Waals surface area contributed by atoms with Gasteiger partial charge in [0.25, 0.3) is 5.91 Å². The van der Waals surface area contributed by atoms with Crippen LogP contribution in [0, 0.1) is 0 Å². The van der Waals surface area contributed by atoms with Crippen molar-refractivity contribution in [3.05, 3.63) is 54.1 Å². The van der Waals surface area contributed by atoms with Gasteiger partial charge in [-0.25, -0.2) is 4.98 Å². The van der Waals surface area contributed by atoms with Crippen molar-refractivity contribution in [2.45, 2.75) is 44.1 Å². The average molecular weight is 352 g/mol. The minimum absolute atomic E-state index is 0.161. The van der Waals surface area contributed by atoms with Crippen LogP contribution in [0.2, 0.25) is 0 Å². The number of nitrogens with zero attached hydrogens (tertiary/aromatic N) is 3. The summed E-state index contributed by atoms with van der Waals surface area (Å²) in [6.07, 6.45) is 10.2. The van der Waals surface area contributed by atoms with Crippen LogP contribution in [0.1, 0.15) is 54.2 Å². The van der Waals surface area contributed by atoms with Gasteiger partial charge in [-0.3, -0.25) is 9.69 Å². The van der Waals surface area contributed by atoms with Crippen LogP contribution < -0.4 is 0 Å². The van der Waals surface area contributed by atoms with E-state index in [1.165, 1.54) is 32.1 Å². The van der Waals surface area contributed by atoms with Gasteiger partial charge in [0.15, 0.2) is 0 Å². The van der Waals surface area contributed by atoms with E-state index in [-0.39, 0.29) is 5.91 Å². The van der Waals surface area contributed by atoms with E-state index in [0.29, 0.717) is 12.0 Å². The Morgan fingerprint density at radius 1 is 1.00 bits per heavy atom. The molecular weight excluding hydrogens is 324 g/mol. The van der Waals surface area contributed by atoms with Crippen molar-refractivity contribution in [3.8, 4) is 0 Å². The van der Waals surface area contributed by atoms with E-state index in [1.807, 2.05) is 47.6 Å². The molecule has 0 radical (unpaired) electrons. The van der Waals surface area contributed by atoms with Gasteiger partial charge in [-0.15, -0.1) is 0 Å². The van der Waals surface area contributed by atoms with Crippen LogP contribution in [-0.4, -0.2) is 57.9 Å². The van der Waals surface area contributed by atoms with Gasteiger partial charge in [-0.05, 0) is 25.0 Å². The van der Waals surface area contributed by atoms with E-state index < -0.39 is 0 Å². The second-order valence-corrected chi connectivity index (χ2v) is 7.48. The minimum Gasteiger partial charge on any atom is -0.348 e. The van der Waals surface area contributed by atoms with Crippen LogP contribution >= 0.6 is 0 Å². The second kappa shape index (κ2) is 8.04. The summed E-state index contributed by atoms with van der Waals surface area (Å²) < 4.78 is 0. The number of carbonyl (C=O) groups excluding carboxylic acids is 1. The Balaban J connectivity index is 1.42. The first-order valence-corrected chi connectivity index (χ1v) is 9.90. The molecule has 1 aromatic heterocycles. The molecule has 0 bridgehead atoms. The molecule has 5 nitrogen and oxygen atoms in total. The lowest BCUT2D eigenvalue weighted by molar-refractivity contribution is 0.0523. The predicted molar refractivity (Wildman–Crippen MR) is 102 cm³/mol. The van der Waals surface area contributed by atoms with Gasteiger partial charge in [0.2, 0.25) is 0 Å². The summed E-state index contributed by atoms with van der Waals surface area (Å²) in [6, 6.07) is 10.2. The molecule has 138 valence electrons. The van der Waals surface area contributed by atoms with Gasteiger partial charge in [0, 0.05) is 56.1 Å². The second-order valence-electron chi connectivity index (χ2n) is 7.48. The molecule has 1 aliphatic carbocycles. The number of imidazole rings is 1. The Morgan fingerprint density at radius 3 is 2.50 bits per heavy atom. The summed E-state index contributed by atoms with van der Waals surface area (Å²) in [5, 5.41) is 0. The van der Waals surface area contributed by atoms with Crippen LogP contribution in [0.15, 0.2) is 42.7 Å².